The highest BCUT2D eigenvalue weighted by Gasteiger charge is 2.45. The van der Waals surface area contributed by atoms with Gasteiger partial charge in [0.25, 0.3) is 0 Å². The second-order valence-electron chi connectivity index (χ2n) is 4.16. The van der Waals surface area contributed by atoms with Crippen molar-refractivity contribution in [2.45, 2.75) is 31.2 Å². The highest BCUT2D eigenvalue weighted by molar-refractivity contribution is 5.66. The maximum atomic E-state index is 10.7. The van der Waals surface area contributed by atoms with Crippen LogP contribution in [0, 0.1) is 5.92 Å². The van der Waals surface area contributed by atoms with E-state index < -0.39 is 6.09 Å². The largest absolute Gasteiger partial charge is 0.465 e. The lowest BCUT2D eigenvalue weighted by Crippen LogP contribution is -2.55. The van der Waals surface area contributed by atoms with Gasteiger partial charge in [-0.25, -0.2) is 4.79 Å². The lowest BCUT2D eigenvalue weighted by molar-refractivity contribution is 0.150. The number of nitrogens with one attached hydrogen (secondary N) is 2. The average Bonchev–Trinajstić information content (AvgIpc) is 2.45. The van der Waals surface area contributed by atoms with Crippen molar-refractivity contribution in [2.24, 2.45) is 5.92 Å². The summed E-state index contributed by atoms with van der Waals surface area (Å²) in [7, 11) is 0. The molecule has 0 spiro atoms. The van der Waals surface area contributed by atoms with Gasteiger partial charge in [0.2, 0.25) is 0 Å². The monoisotopic (exact) mass is 184 g/mol. The number of hydrogen-bond acceptors (Lipinski definition) is 2. The third-order valence-corrected chi connectivity index (χ3v) is 3.39. The molecule has 4 nitrogen and oxygen atoms in total. The zero-order valence-electron chi connectivity index (χ0n) is 7.68. The smallest absolute Gasteiger partial charge is 0.405 e. The van der Waals surface area contributed by atoms with E-state index in [0.717, 1.165) is 32.4 Å². The molecule has 0 aromatic heterocycles. The first kappa shape index (κ1) is 8.81. The Balaban J connectivity index is 2.11. The van der Waals surface area contributed by atoms with Gasteiger partial charge in [0.05, 0.1) is 5.54 Å². The number of fused-ring (bicyclic) bond motifs is 1. The van der Waals surface area contributed by atoms with Gasteiger partial charge in [0, 0.05) is 13.1 Å². The molecule has 1 saturated heterocycles. The first-order valence-corrected chi connectivity index (χ1v) is 4.95. The average molecular weight is 184 g/mol. The van der Waals surface area contributed by atoms with Crippen LogP contribution in [0.1, 0.15) is 25.7 Å². The molecule has 1 aliphatic carbocycles. The van der Waals surface area contributed by atoms with E-state index in [1.807, 2.05) is 0 Å². The van der Waals surface area contributed by atoms with Crippen LogP contribution in [0.15, 0.2) is 0 Å². The number of carbonyl (C=O) groups is 1. The van der Waals surface area contributed by atoms with Gasteiger partial charge in [-0.1, -0.05) is 12.8 Å². The zero-order chi connectivity index (χ0) is 9.31. The molecule has 2 fully saturated rings. The summed E-state index contributed by atoms with van der Waals surface area (Å²) >= 11 is 0. The van der Waals surface area contributed by atoms with Crippen molar-refractivity contribution in [3.8, 4) is 0 Å². The first-order chi connectivity index (χ1) is 6.23. The van der Waals surface area contributed by atoms with Crippen LogP contribution in [0.2, 0.25) is 0 Å². The Morgan fingerprint density at radius 2 is 2.38 bits per heavy atom. The molecule has 2 unspecified atom stereocenters. The van der Waals surface area contributed by atoms with E-state index in [2.05, 4.69) is 10.6 Å². The molecule has 1 amide bonds. The predicted molar refractivity (Wildman–Crippen MR) is 48.7 cm³/mol. The van der Waals surface area contributed by atoms with Crippen molar-refractivity contribution in [1.82, 2.24) is 10.6 Å². The van der Waals surface area contributed by atoms with Crippen molar-refractivity contribution >= 4 is 6.09 Å². The van der Waals surface area contributed by atoms with Crippen molar-refractivity contribution in [2.75, 3.05) is 13.1 Å². The molecule has 0 bridgehead atoms. The Labute approximate surface area is 77.7 Å². The maximum absolute atomic E-state index is 10.7. The minimum absolute atomic E-state index is 0.149. The maximum Gasteiger partial charge on any atom is 0.405 e. The summed E-state index contributed by atoms with van der Waals surface area (Å²) < 4.78 is 0. The fourth-order valence-corrected chi connectivity index (χ4v) is 2.73. The highest BCUT2D eigenvalue weighted by atomic mass is 16.4. The molecule has 1 heterocycles. The SMILES string of the molecule is O=C(O)NC12CCCCC1CNC2. The van der Waals surface area contributed by atoms with Gasteiger partial charge in [-0.05, 0) is 18.8 Å². The molecule has 3 N–H and O–H groups in total. The molecule has 0 radical (unpaired) electrons. The van der Waals surface area contributed by atoms with Gasteiger partial charge in [-0.15, -0.1) is 0 Å². The van der Waals surface area contributed by atoms with Gasteiger partial charge >= 0.3 is 6.09 Å². The summed E-state index contributed by atoms with van der Waals surface area (Å²) in [6, 6.07) is 0. The molecular weight excluding hydrogens is 168 g/mol. The van der Waals surface area contributed by atoms with E-state index >= 15 is 0 Å². The molecule has 13 heavy (non-hydrogen) atoms. The molecule has 1 aliphatic heterocycles. The molecule has 0 aromatic rings. The Kier molecular flexibility index (Phi) is 2.15. The van der Waals surface area contributed by atoms with Crippen LogP contribution in [-0.4, -0.2) is 29.8 Å². The molecule has 2 atom stereocenters. The molecule has 2 aliphatic rings. The highest BCUT2D eigenvalue weighted by Crippen LogP contribution is 2.36. The Hall–Kier alpha value is -0.770. The lowest BCUT2D eigenvalue weighted by atomic mass is 9.75. The molecule has 4 heteroatoms. The van der Waals surface area contributed by atoms with Crippen LogP contribution in [0.4, 0.5) is 4.79 Å². The van der Waals surface area contributed by atoms with E-state index in [-0.39, 0.29) is 5.54 Å². The normalized spacial score (nSPS) is 38.3. The third-order valence-electron chi connectivity index (χ3n) is 3.39. The quantitative estimate of drug-likeness (QED) is 0.564. The van der Waals surface area contributed by atoms with Gasteiger partial charge in [-0.3, -0.25) is 0 Å². The van der Waals surface area contributed by atoms with Gasteiger partial charge in [0.15, 0.2) is 0 Å². The van der Waals surface area contributed by atoms with Gasteiger partial charge in [-0.2, -0.15) is 0 Å². The summed E-state index contributed by atoms with van der Waals surface area (Å²) in [5, 5.41) is 14.8. The van der Waals surface area contributed by atoms with E-state index in [0.29, 0.717) is 5.92 Å². The molecular formula is C9H16N2O2. The summed E-state index contributed by atoms with van der Waals surface area (Å²) in [4.78, 5) is 10.7. The van der Waals surface area contributed by atoms with E-state index in [1.165, 1.54) is 6.42 Å². The Bertz CT molecular complexity index is 220. The Morgan fingerprint density at radius 1 is 1.54 bits per heavy atom. The second kappa shape index (κ2) is 3.18. The fourth-order valence-electron chi connectivity index (χ4n) is 2.73. The van der Waals surface area contributed by atoms with E-state index in [4.69, 9.17) is 5.11 Å². The summed E-state index contributed by atoms with van der Waals surface area (Å²) in [6.45, 7) is 1.78. The first-order valence-electron chi connectivity index (χ1n) is 4.95. The van der Waals surface area contributed by atoms with Crippen LogP contribution in [0.3, 0.4) is 0 Å². The lowest BCUT2D eigenvalue weighted by Gasteiger charge is -2.38. The number of carboxylic acid groups (broad SMARTS) is 1. The minimum Gasteiger partial charge on any atom is -0.465 e. The van der Waals surface area contributed by atoms with Gasteiger partial charge in [0.1, 0.15) is 0 Å². The standard InChI is InChI=1S/C9H16N2O2/c12-8(13)11-9-4-2-1-3-7(9)5-10-6-9/h7,10-11H,1-6H2,(H,12,13). The minimum atomic E-state index is -0.879. The Morgan fingerprint density at radius 3 is 3.15 bits per heavy atom. The van der Waals surface area contributed by atoms with Gasteiger partial charge < -0.3 is 15.7 Å². The van der Waals surface area contributed by atoms with Crippen LogP contribution in [0.25, 0.3) is 0 Å². The van der Waals surface area contributed by atoms with E-state index in [9.17, 15) is 4.79 Å². The van der Waals surface area contributed by atoms with Crippen LogP contribution < -0.4 is 10.6 Å². The second-order valence-corrected chi connectivity index (χ2v) is 4.16. The summed E-state index contributed by atoms with van der Waals surface area (Å²) in [5.41, 5.74) is -0.149. The number of hydrogen-bond donors (Lipinski definition) is 3. The fraction of sp³-hybridized carbons (Fsp3) is 0.889. The van der Waals surface area contributed by atoms with Crippen LogP contribution in [-0.2, 0) is 0 Å². The summed E-state index contributed by atoms with van der Waals surface area (Å²) in [6.07, 6.45) is 3.67. The zero-order valence-corrected chi connectivity index (χ0v) is 7.68. The predicted octanol–water partition coefficient (Wildman–Crippen LogP) is 0.786. The van der Waals surface area contributed by atoms with Crippen molar-refractivity contribution in [1.29, 1.82) is 0 Å². The van der Waals surface area contributed by atoms with Crippen LogP contribution >= 0.6 is 0 Å². The molecule has 0 aromatic carbocycles. The number of rotatable bonds is 1. The number of amides is 1. The van der Waals surface area contributed by atoms with Crippen molar-refractivity contribution in [3.05, 3.63) is 0 Å². The van der Waals surface area contributed by atoms with E-state index in [1.54, 1.807) is 0 Å². The van der Waals surface area contributed by atoms with Crippen molar-refractivity contribution < 1.29 is 9.90 Å². The van der Waals surface area contributed by atoms with Crippen LogP contribution in [0.5, 0.6) is 0 Å². The van der Waals surface area contributed by atoms with Crippen molar-refractivity contribution in [3.63, 3.8) is 0 Å². The third kappa shape index (κ3) is 1.50. The topological polar surface area (TPSA) is 61.4 Å². The molecule has 74 valence electrons. The molecule has 1 saturated carbocycles. The molecule has 2 rings (SSSR count). The summed E-state index contributed by atoms with van der Waals surface area (Å²) in [5.74, 6) is 0.511.